The quantitative estimate of drug-likeness (QED) is 0.473. The van der Waals surface area contributed by atoms with Crippen molar-refractivity contribution in [2.45, 2.75) is 50.6 Å². The van der Waals surface area contributed by atoms with Crippen LogP contribution in [0, 0.1) is 11.6 Å². The molecule has 6 nitrogen and oxygen atoms in total. The van der Waals surface area contributed by atoms with Crippen molar-refractivity contribution in [2.24, 2.45) is 5.73 Å². The minimum Gasteiger partial charge on any atom is -0.361 e. The molecule has 1 saturated heterocycles. The molecule has 35 heavy (non-hydrogen) atoms. The average molecular weight is 505 g/mol. The highest BCUT2D eigenvalue weighted by Crippen LogP contribution is 2.29. The molecule has 0 bridgehead atoms. The normalized spacial score (nSPS) is 15.5. The van der Waals surface area contributed by atoms with E-state index in [4.69, 9.17) is 5.73 Å². The predicted molar refractivity (Wildman–Crippen MR) is 134 cm³/mol. The molecule has 1 aliphatic rings. The summed E-state index contributed by atoms with van der Waals surface area (Å²) >= 11 is 0. The van der Waals surface area contributed by atoms with E-state index in [2.05, 4.69) is 10.3 Å². The van der Waals surface area contributed by atoms with Gasteiger partial charge in [0.25, 0.3) is 0 Å². The zero-order chi connectivity index (χ0) is 24.5. The van der Waals surface area contributed by atoms with Gasteiger partial charge in [0.2, 0.25) is 11.8 Å². The standard InChI is InChI=1S/C26H30F2N4O2.ClH/c1-26(2,29)25(34)31-23(13-18-15-30-22-8-7-20(28)14-21(18)22)24(33)32-11-9-17(10-12-32)16-3-5-19(27)6-4-16;/h3-8,14-15,17,23,30H,9-13,29H2,1-2H3,(H,31,34);1H. The van der Waals surface area contributed by atoms with Crippen LogP contribution in [0.3, 0.4) is 0 Å². The summed E-state index contributed by atoms with van der Waals surface area (Å²) in [6.07, 6.45) is 3.45. The van der Waals surface area contributed by atoms with E-state index in [0.29, 0.717) is 18.5 Å². The van der Waals surface area contributed by atoms with E-state index in [1.54, 1.807) is 43.1 Å². The molecule has 0 aliphatic carbocycles. The Labute approximate surface area is 209 Å². The van der Waals surface area contributed by atoms with Crippen LogP contribution in [0.5, 0.6) is 0 Å². The van der Waals surface area contributed by atoms with Crippen LogP contribution in [-0.2, 0) is 16.0 Å². The second-order valence-corrected chi connectivity index (χ2v) is 9.61. The fraction of sp³-hybridized carbons (Fsp3) is 0.385. The molecule has 4 rings (SSSR count). The number of halogens is 3. The Balaban J connectivity index is 0.00000342. The Bertz CT molecular complexity index is 1180. The number of benzene rings is 2. The molecule has 1 aliphatic heterocycles. The first-order chi connectivity index (χ1) is 16.1. The van der Waals surface area contributed by atoms with Crippen molar-refractivity contribution in [3.8, 4) is 0 Å². The Morgan fingerprint density at radius 1 is 1.11 bits per heavy atom. The zero-order valence-electron chi connectivity index (χ0n) is 19.8. The van der Waals surface area contributed by atoms with Gasteiger partial charge >= 0.3 is 0 Å². The number of piperidine rings is 1. The lowest BCUT2D eigenvalue weighted by Crippen LogP contribution is -2.57. The molecule has 0 radical (unpaired) electrons. The number of nitrogens with zero attached hydrogens (tertiary/aromatic N) is 1. The Morgan fingerprint density at radius 3 is 2.37 bits per heavy atom. The maximum Gasteiger partial charge on any atom is 0.245 e. The molecule has 3 aromatic rings. The fourth-order valence-electron chi connectivity index (χ4n) is 4.47. The second-order valence-electron chi connectivity index (χ2n) is 9.61. The van der Waals surface area contributed by atoms with Crippen LogP contribution in [-0.4, -0.2) is 46.4 Å². The summed E-state index contributed by atoms with van der Waals surface area (Å²) in [5.74, 6) is -1.02. The van der Waals surface area contributed by atoms with Crippen molar-refractivity contribution in [1.82, 2.24) is 15.2 Å². The van der Waals surface area contributed by atoms with Gasteiger partial charge in [0.15, 0.2) is 0 Å². The molecule has 0 spiro atoms. The van der Waals surface area contributed by atoms with Crippen LogP contribution in [0.25, 0.3) is 10.9 Å². The Hall–Kier alpha value is -2.97. The van der Waals surface area contributed by atoms with Gasteiger partial charge in [-0.3, -0.25) is 9.59 Å². The highest BCUT2D eigenvalue weighted by Gasteiger charge is 2.33. The lowest BCUT2D eigenvalue weighted by Gasteiger charge is -2.35. The average Bonchev–Trinajstić information content (AvgIpc) is 3.20. The highest BCUT2D eigenvalue weighted by atomic mass is 35.5. The molecule has 2 aromatic carbocycles. The highest BCUT2D eigenvalue weighted by molar-refractivity contribution is 5.92. The first-order valence-electron chi connectivity index (χ1n) is 11.5. The molecule has 2 heterocycles. The molecule has 0 saturated carbocycles. The van der Waals surface area contributed by atoms with E-state index in [9.17, 15) is 18.4 Å². The van der Waals surface area contributed by atoms with E-state index >= 15 is 0 Å². The van der Waals surface area contributed by atoms with Crippen molar-refractivity contribution < 1.29 is 18.4 Å². The number of carbonyl (C=O) groups excluding carboxylic acids is 2. The first kappa shape index (κ1) is 26.6. The number of hydrogen-bond donors (Lipinski definition) is 3. The van der Waals surface area contributed by atoms with Gasteiger partial charge in [-0.1, -0.05) is 12.1 Å². The third-order valence-electron chi connectivity index (χ3n) is 6.49. The molecule has 1 aromatic heterocycles. The third-order valence-corrected chi connectivity index (χ3v) is 6.49. The van der Waals surface area contributed by atoms with E-state index in [-0.39, 0.29) is 42.3 Å². The summed E-state index contributed by atoms with van der Waals surface area (Å²) in [5, 5.41) is 3.49. The first-order valence-corrected chi connectivity index (χ1v) is 11.5. The number of rotatable bonds is 6. The molecular formula is C26H31ClF2N4O2. The van der Waals surface area contributed by atoms with Crippen LogP contribution < -0.4 is 11.1 Å². The molecule has 1 atom stereocenters. The molecule has 9 heteroatoms. The molecule has 1 unspecified atom stereocenters. The lowest BCUT2D eigenvalue weighted by molar-refractivity contribution is -0.138. The van der Waals surface area contributed by atoms with Gasteiger partial charge in [-0.05, 0) is 74.1 Å². The number of amides is 2. The summed E-state index contributed by atoms with van der Waals surface area (Å²) in [6, 6.07) is 10.1. The van der Waals surface area contributed by atoms with Crippen LogP contribution >= 0.6 is 12.4 Å². The van der Waals surface area contributed by atoms with E-state index in [1.165, 1.54) is 24.3 Å². The summed E-state index contributed by atoms with van der Waals surface area (Å²) in [7, 11) is 0. The van der Waals surface area contributed by atoms with E-state index in [1.807, 2.05) is 0 Å². The summed E-state index contributed by atoms with van der Waals surface area (Å²) in [6.45, 7) is 4.22. The van der Waals surface area contributed by atoms with Crippen LogP contribution in [0.1, 0.15) is 43.7 Å². The minimum atomic E-state index is -1.15. The van der Waals surface area contributed by atoms with Crippen molar-refractivity contribution in [2.75, 3.05) is 13.1 Å². The maximum atomic E-state index is 13.8. The predicted octanol–water partition coefficient (Wildman–Crippen LogP) is 4.04. The van der Waals surface area contributed by atoms with Crippen molar-refractivity contribution in [1.29, 1.82) is 0 Å². The number of H-pyrrole nitrogens is 1. The van der Waals surface area contributed by atoms with Gasteiger partial charge in [-0.25, -0.2) is 8.78 Å². The lowest BCUT2D eigenvalue weighted by atomic mass is 9.89. The van der Waals surface area contributed by atoms with Gasteiger partial charge in [0, 0.05) is 36.6 Å². The Kier molecular flexibility index (Phi) is 8.18. The van der Waals surface area contributed by atoms with E-state index in [0.717, 1.165) is 29.5 Å². The van der Waals surface area contributed by atoms with Crippen molar-refractivity contribution in [3.63, 3.8) is 0 Å². The fourth-order valence-corrected chi connectivity index (χ4v) is 4.47. The number of hydrogen-bond acceptors (Lipinski definition) is 3. The maximum absolute atomic E-state index is 13.8. The monoisotopic (exact) mass is 504 g/mol. The third kappa shape index (κ3) is 6.18. The van der Waals surface area contributed by atoms with Crippen LogP contribution in [0.4, 0.5) is 8.78 Å². The SMILES string of the molecule is CC(C)(N)C(=O)NC(Cc1c[nH]c2ccc(F)cc12)C(=O)N1CCC(c2ccc(F)cc2)CC1.Cl. The van der Waals surface area contributed by atoms with Gasteiger partial charge in [0.1, 0.15) is 17.7 Å². The topological polar surface area (TPSA) is 91.2 Å². The number of nitrogens with one attached hydrogen (secondary N) is 2. The summed E-state index contributed by atoms with van der Waals surface area (Å²) in [5.41, 5.74) is 7.37. The number of likely N-dealkylation sites (tertiary alicyclic amines) is 1. The van der Waals surface area contributed by atoms with Gasteiger partial charge in [-0.2, -0.15) is 0 Å². The van der Waals surface area contributed by atoms with Gasteiger partial charge in [0.05, 0.1) is 5.54 Å². The Morgan fingerprint density at radius 2 is 1.74 bits per heavy atom. The molecular weight excluding hydrogens is 474 g/mol. The van der Waals surface area contributed by atoms with Crippen molar-refractivity contribution in [3.05, 3.63) is 71.4 Å². The molecule has 2 amide bonds. The molecule has 4 N–H and O–H groups in total. The number of carbonyl (C=O) groups is 2. The van der Waals surface area contributed by atoms with Gasteiger partial charge < -0.3 is 20.9 Å². The molecule has 1 fully saturated rings. The molecule has 188 valence electrons. The van der Waals surface area contributed by atoms with Gasteiger partial charge in [-0.15, -0.1) is 12.4 Å². The number of aromatic amines is 1. The van der Waals surface area contributed by atoms with E-state index < -0.39 is 17.5 Å². The minimum absolute atomic E-state index is 0. The van der Waals surface area contributed by atoms with Crippen molar-refractivity contribution >= 4 is 35.1 Å². The zero-order valence-corrected chi connectivity index (χ0v) is 20.6. The summed E-state index contributed by atoms with van der Waals surface area (Å²) in [4.78, 5) is 31.0. The largest absolute Gasteiger partial charge is 0.361 e. The van der Waals surface area contributed by atoms with Crippen LogP contribution in [0.15, 0.2) is 48.7 Å². The number of fused-ring (bicyclic) bond motifs is 1. The second kappa shape index (κ2) is 10.7. The number of aromatic nitrogens is 1. The number of nitrogens with two attached hydrogens (primary N) is 1. The summed E-state index contributed by atoms with van der Waals surface area (Å²) < 4.78 is 27.1. The van der Waals surface area contributed by atoms with Crippen LogP contribution in [0.2, 0.25) is 0 Å². The smallest absolute Gasteiger partial charge is 0.245 e.